The molecule has 2 N–H and O–H groups in total. The molecule has 0 aromatic carbocycles. The molecule has 0 aliphatic carbocycles. The quantitative estimate of drug-likeness (QED) is 0.592. The standard InChI is InChI=1S/C5H12O2.C3H6O2/c1-5(2,3-6)4-7;1-3(4)5-2/h6-7H,3-4H2,1-2H3;1-2H3. The van der Waals surface area contributed by atoms with Gasteiger partial charge in [-0.25, -0.2) is 0 Å². The van der Waals surface area contributed by atoms with E-state index in [2.05, 4.69) is 4.74 Å². The fourth-order valence-corrected chi connectivity index (χ4v) is 0.0500. The van der Waals surface area contributed by atoms with Crippen molar-refractivity contribution in [3.05, 3.63) is 0 Å². The molecule has 0 rings (SSSR count). The van der Waals surface area contributed by atoms with Crippen LogP contribution in [0.5, 0.6) is 0 Å². The van der Waals surface area contributed by atoms with Crippen molar-refractivity contribution in [2.24, 2.45) is 5.41 Å². The zero-order chi connectivity index (χ0) is 10.2. The van der Waals surface area contributed by atoms with Gasteiger partial charge in [-0.05, 0) is 0 Å². The van der Waals surface area contributed by atoms with Gasteiger partial charge in [0.2, 0.25) is 0 Å². The minimum atomic E-state index is -0.306. The summed E-state index contributed by atoms with van der Waals surface area (Å²) in [5, 5.41) is 16.9. The number of carbonyl (C=O) groups excluding carboxylic acids is 1. The first-order valence-corrected chi connectivity index (χ1v) is 3.66. The van der Waals surface area contributed by atoms with Crippen molar-refractivity contribution in [2.45, 2.75) is 20.8 Å². The summed E-state index contributed by atoms with van der Waals surface area (Å²) in [5.41, 5.74) is -0.306. The number of carbonyl (C=O) groups is 1. The normalized spacial score (nSPS) is 9.83. The Bertz CT molecular complexity index is 114. The lowest BCUT2D eigenvalue weighted by Crippen LogP contribution is -2.20. The number of ether oxygens (including phenoxy) is 1. The topological polar surface area (TPSA) is 66.8 Å². The molecular weight excluding hydrogens is 160 g/mol. The van der Waals surface area contributed by atoms with Gasteiger partial charge in [0.1, 0.15) is 0 Å². The third-order valence-corrected chi connectivity index (χ3v) is 1.14. The summed E-state index contributed by atoms with van der Waals surface area (Å²) in [6.07, 6.45) is 0. The van der Waals surface area contributed by atoms with Crippen molar-refractivity contribution in [3.8, 4) is 0 Å². The van der Waals surface area contributed by atoms with Gasteiger partial charge in [0, 0.05) is 12.3 Å². The SMILES string of the molecule is CC(C)(CO)CO.COC(C)=O. The van der Waals surface area contributed by atoms with E-state index in [9.17, 15) is 4.79 Å². The highest BCUT2D eigenvalue weighted by Gasteiger charge is 2.13. The van der Waals surface area contributed by atoms with Gasteiger partial charge < -0.3 is 14.9 Å². The molecule has 0 amide bonds. The molecule has 4 heteroatoms. The highest BCUT2D eigenvalue weighted by atomic mass is 16.5. The highest BCUT2D eigenvalue weighted by Crippen LogP contribution is 2.10. The number of rotatable bonds is 2. The maximum Gasteiger partial charge on any atom is 0.302 e. The summed E-state index contributed by atoms with van der Waals surface area (Å²) in [5.74, 6) is -0.245. The molecule has 0 atom stereocenters. The number of esters is 1. The van der Waals surface area contributed by atoms with Crippen LogP contribution in [-0.2, 0) is 9.53 Å². The molecular formula is C8H18O4. The van der Waals surface area contributed by atoms with Crippen LogP contribution in [0.2, 0.25) is 0 Å². The van der Waals surface area contributed by atoms with E-state index in [1.54, 1.807) is 13.8 Å². The Morgan fingerprint density at radius 1 is 1.33 bits per heavy atom. The lowest BCUT2D eigenvalue weighted by Gasteiger charge is -2.16. The number of aliphatic hydroxyl groups is 2. The lowest BCUT2D eigenvalue weighted by atomic mass is 9.97. The van der Waals surface area contributed by atoms with Gasteiger partial charge in [0.15, 0.2) is 0 Å². The summed E-state index contributed by atoms with van der Waals surface area (Å²) in [6, 6.07) is 0. The molecule has 0 spiro atoms. The number of aliphatic hydroxyl groups excluding tert-OH is 2. The average molecular weight is 178 g/mol. The van der Waals surface area contributed by atoms with Crippen molar-refractivity contribution in [3.63, 3.8) is 0 Å². The number of hydrogen-bond donors (Lipinski definition) is 2. The first-order valence-electron chi connectivity index (χ1n) is 3.66. The fraction of sp³-hybridized carbons (Fsp3) is 0.875. The largest absolute Gasteiger partial charge is 0.469 e. The maximum atomic E-state index is 9.59. The zero-order valence-electron chi connectivity index (χ0n) is 8.13. The Hall–Kier alpha value is -0.610. The van der Waals surface area contributed by atoms with Gasteiger partial charge in [-0.3, -0.25) is 4.79 Å². The lowest BCUT2D eigenvalue weighted by molar-refractivity contribution is -0.137. The smallest absolute Gasteiger partial charge is 0.302 e. The van der Waals surface area contributed by atoms with Crippen LogP contribution in [0.25, 0.3) is 0 Å². The molecule has 0 saturated carbocycles. The molecule has 0 aliphatic rings. The third-order valence-electron chi connectivity index (χ3n) is 1.14. The molecule has 0 fully saturated rings. The second-order valence-corrected chi connectivity index (χ2v) is 3.18. The van der Waals surface area contributed by atoms with E-state index in [4.69, 9.17) is 10.2 Å². The van der Waals surface area contributed by atoms with E-state index in [0.29, 0.717) is 0 Å². The summed E-state index contributed by atoms with van der Waals surface area (Å²) in [4.78, 5) is 9.59. The van der Waals surface area contributed by atoms with Gasteiger partial charge in [-0.15, -0.1) is 0 Å². The molecule has 0 saturated heterocycles. The summed E-state index contributed by atoms with van der Waals surface area (Å²) < 4.78 is 4.11. The molecule has 12 heavy (non-hydrogen) atoms. The van der Waals surface area contributed by atoms with E-state index >= 15 is 0 Å². The van der Waals surface area contributed by atoms with Gasteiger partial charge in [0.05, 0.1) is 20.3 Å². The van der Waals surface area contributed by atoms with Crippen LogP contribution < -0.4 is 0 Å². The van der Waals surface area contributed by atoms with Gasteiger partial charge in [-0.2, -0.15) is 0 Å². The zero-order valence-corrected chi connectivity index (χ0v) is 8.13. The van der Waals surface area contributed by atoms with Crippen LogP contribution in [0, 0.1) is 5.41 Å². The van der Waals surface area contributed by atoms with Gasteiger partial charge in [0.25, 0.3) is 0 Å². The molecule has 74 valence electrons. The Balaban J connectivity index is 0. The van der Waals surface area contributed by atoms with E-state index < -0.39 is 0 Å². The van der Waals surface area contributed by atoms with Crippen LogP contribution in [0.4, 0.5) is 0 Å². The van der Waals surface area contributed by atoms with E-state index in [1.807, 2.05) is 0 Å². The van der Waals surface area contributed by atoms with Gasteiger partial charge in [-0.1, -0.05) is 13.8 Å². The fourth-order valence-electron chi connectivity index (χ4n) is 0.0500. The molecule has 0 unspecified atom stereocenters. The van der Waals surface area contributed by atoms with Crippen molar-refractivity contribution in [2.75, 3.05) is 20.3 Å². The van der Waals surface area contributed by atoms with Gasteiger partial charge >= 0.3 is 5.97 Å². The summed E-state index contributed by atoms with van der Waals surface area (Å²) >= 11 is 0. The van der Waals surface area contributed by atoms with Crippen LogP contribution in [0.1, 0.15) is 20.8 Å². The Labute approximate surface area is 73.2 Å². The molecule has 0 aromatic heterocycles. The molecule has 0 aromatic rings. The first-order chi connectivity index (χ1) is 5.39. The maximum absolute atomic E-state index is 9.59. The average Bonchev–Trinajstić information content (AvgIpc) is 2.05. The molecule has 0 heterocycles. The number of methoxy groups -OCH3 is 1. The van der Waals surface area contributed by atoms with E-state index in [0.717, 1.165) is 0 Å². The van der Waals surface area contributed by atoms with Crippen molar-refractivity contribution >= 4 is 5.97 Å². The minimum absolute atomic E-state index is 0.0451. The van der Waals surface area contributed by atoms with Crippen LogP contribution in [0.3, 0.4) is 0 Å². The summed E-state index contributed by atoms with van der Waals surface area (Å²) in [6.45, 7) is 5.05. The van der Waals surface area contributed by atoms with E-state index in [-0.39, 0.29) is 24.6 Å². The molecule has 0 aliphatic heterocycles. The minimum Gasteiger partial charge on any atom is -0.469 e. The Morgan fingerprint density at radius 3 is 1.58 bits per heavy atom. The Kier molecular flexibility index (Phi) is 8.21. The first kappa shape index (κ1) is 13.9. The predicted octanol–water partition coefficient (Wildman–Crippen LogP) is 0.176. The highest BCUT2D eigenvalue weighted by molar-refractivity contribution is 5.65. The predicted molar refractivity (Wildman–Crippen MR) is 45.6 cm³/mol. The molecule has 0 radical (unpaired) electrons. The second kappa shape index (κ2) is 7.06. The molecule has 0 bridgehead atoms. The second-order valence-electron chi connectivity index (χ2n) is 3.18. The van der Waals surface area contributed by atoms with Crippen LogP contribution >= 0.6 is 0 Å². The summed E-state index contributed by atoms with van der Waals surface area (Å²) in [7, 11) is 1.35. The monoisotopic (exact) mass is 178 g/mol. The van der Waals surface area contributed by atoms with E-state index in [1.165, 1.54) is 14.0 Å². The van der Waals surface area contributed by atoms with Crippen LogP contribution in [0.15, 0.2) is 0 Å². The Morgan fingerprint density at radius 2 is 1.58 bits per heavy atom. The van der Waals surface area contributed by atoms with Crippen LogP contribution in [-0.4, -0.2) is 36.5 Å². The van der Waals surface area contributed by atoms with Crippen molar-refractivity contribution in [1.29, 1.82) is 0 Å². The number of hydrogen-bond acceptors (Lipinski definition) is 4. The van der Waals surface area contributed by atoms with Crippen molar-refractivity contribution in [1.82, 2.24) is 0 Å². The third kappa shape index (κ3) is 12.1. The van der Waals surface area contributed by atoms with Crippen molar-refractivity contribution < 1.29 is 19.7 Å². The molecule has 4 nitrogen and oxygen atoms in total.